The van der Waals surface area contributed by atoms with Gasteiger partial charge in [0.2, 0.25) is 0 Å². The van der Waals surface area contributed by atoms with E-state index in [4.69, 9.17) is 17.5 Å². The van der Waals surface area contributed by atoms with E-state index >= 15 is 0 Å². The van der Waals surface area contributed by atoms with Crippen LogP contribution in [0.15, 0.2) is 0 Å². The standard InChI is InChI=1S/K.2H3N.H2O4S.H/c;;;1-5(2,3)4;/h;2*1H3;(H2,1,2,3,4);/q+1;;;;-1. The third-order valence-electron chi connectivity index (χ3n) is 0. The second-order valence-electron chi connectivity index (χ2n) is 0.448. The van der Waals surface area contributed by atoms with Gasteiger partial charge < -0.3 is 13.7 Å². The van der Waals surface area contributed by atoms with Crippen LogP contribution in [0.1, 0.15) is 1.43 Å². The third kappa shape index (κ3) is 151. The zero-order chi connectivity index (χ0) is 4.50. The van der Waals surface area contributed by atoms with Crippen molar-refractivity contribution in [2.45, 2.75) is 0 Å². The Balaban J connectivity index is -0.0000000133. The van der Waals surface area contributed by atoms with Gasteiger partial charge in [-0.3, -0.25) is 9.11 Å². The van der Waals surface area contributed by atoms with Crippen molar-refractivity contribution in [1.82, 2.24) is 12.3 Å². The molecule has 0 spiro atoms. The van der Waals surface area contributed by atoms with E-state index in [0.29, 0.717) is 0 Å². The summed E-state index contributed by atoms with van der Waals surface area (Å²) in [7, 11) is -4.67. The maximum atomic E-state index is 8.74. The van der Waals surface area contributed by atoms with Gasteiger partial charge in [-0.15, -0.1) is 0 Å². The fourth-order valence-electron chi connectivity index (χ4n) is 0. The first-order chi connectivity index (χ1) is 2.00. The summed E-state index contributed by atoms with van der Waals surface area (Å²) < 4.78 is 31.6. The molecule has 0 aromatic rings. The Hall–Kier alpha value is 1.43. The molecular formula is H9KN2O4S. The zero-order valence-corrected chi connectivity index (χ0v) is 8.47. The first kappa shape index (κ1) is 22.7. The van der Waals surface area contributed by atoms with Gasteiger partial charge >= 0.3 is 61.8 Å². The molecule has 0 saturated heterocycles. The van der Waals surface area contributed by atoms with Crippen LogP contribution in [0.3, 0.4) is 0 Å². The first-order valence-electron chi connectivity index (χ1n) is 0.698. The molecule has 8 heteroatoms. The molecule has 0 atom stereocenters. The zero-order valence-electron chi connectivity index (χ0n) is 5.53. The van der Waals surface area contributed by atoms with Crippen molar-refractivity contribution in [3.8, 4) is 0 Å². The van der Waals surface area contributed by atoms with Gasteiger partial charge in [0.05, 0.1) is 0 Å². The SMILES string of the molecule is N.N.O=S(=O)(O)O.[H-].[K+]. The van der Waals surface area contributed by atoms with Crippen LogP contribution < -0.4 is 63.7 Å². The molecule has 0 aromatic heterocycles. The maximum absolute atomic E-state index is 8.74. The molecule has 0 amide bonds. The van der Waals surface area contributed by atoms with Gasteiger partial charge in [-0.2, -0.15) is 8.42 Å². The largest absolute Gasteiger partial charge is 1.00 e. The Bertz CT molecular complexity index is 102. The van der Waals surface area contributed by atoms with Crippen LogP contribution in [0.2, 0.25) is 0 Å². The van der Waals surface area contributed by atoms with Gasteiger partial charge in [0, 0.05) is 0 Å². The van der Waals surface area contributed by atoms with Gasteiger partial charge in [0.25, 0.3) is 0 Å². The molecule has 0 fully saturated rings. The molecule has 0 bridgehead atoms. The molecule has 0 radical (unpaired) electrons. The Labute approximate surface area is 91.7 Å². The molecule has 0 aromatic carbocycles. The van der Waals surface area contributed by atoms with E-state index in [1.807, 2.05) is 0 Å². The van der Waals surface area contributed by atoms with Crippen LogP contribution in [0.4, 0.5) is 0 Å². The molecule has 8 N–H and O–H groups in total. The van der Waals surface area contributed by atoms with Crippen LogP contribution in [0, 0.1) is 0 Å². The quantitative estimate of drug-likeness (QED) is 0.223. The first-order valence-corrected chi connectivity index (χ1v) is 2.10. The molecular weight excluding hydrogens is 163 g/mol. The molecule has 0 aliphatic carbocycles. The average Bonchev–Trinajstić information content (AvgIpc) is 0.722. The van der Waals surface area contributed by atoms with Crippen molar-refractivity contribution in [2.24, 2.45) is 0 Å². The monoisotopic (exact) mass is 172 g/mol. The summed E-state index contributed by atoms with van der Waals surface area (Å²) in [6.07, 6.45) is 0. The molecule has 8 heavy (non-hydrogen) atoms. The van der Waals surface area contributed by atoms with Crippen LogP contribution in [-0.4, -0.2) is 17.5 Å². The molecule has 0 aliphatic rings. The summed E-state index contributed by atoms with van der Waals surface area (Å²) >= 11 is 0. The van der Waals surface area contributed by atoms with E-state index in [2.05, 4.69) is 0 Å². The molecule has 0 rings (SSSR count). The van der Waals surface area contributed by atoms with E-state index in [-0.39, 0.29) is 65.1 Å². The second kappa shape index (κ2) is 8.43. The molecule has 6 nitrogen and oxygen atoms in total. The third-order valence-corrected chi connectivity index (χ3v) is 0. The molecule has 0 heterocycles. The summed E-state index contributed by atoms with van der Waals surface area (Å²) in [5.41, 5.74) is 0. The van der Waals surface area contributed by atoms with Crippen LogP contribution in [-0.2, 0) is 10.4 Å². The van der Waals surface area contributed by atoms with Crippen molar-refractivity contribution < 1.29 is 70.3 Å². The molecule has 0 unspecified atom stereocenters. The summed E-state index contributed by atoms with van der Waals surface area (Å²) in [4.78, 5) is 0. The Morgan fingerprint density at radius 1 is 1.12 bits per heavy atom. The van der Waals surface area contributed by atoms with Gasteiger partial charge in [0.15, 0.2) is 0 Å². The van der Waals surface area contributed by atoms with Gasteiger partial charge in [-0.05, 0) is 0 Å². The average molecular weight is 172 g/mol. The van der Waals surface area contributed by atoms with Crippen molar-refractivity contribution in [2.75, 3.05) is 0 Å². The number of rotatable bonds is 0. The predicted molar refractivity (Wildman–Crippen MR) is 25.3 cm³/mol. The van der Waals surface area contributed by atoms with Crippen LogP contribution in [0.25, 0.3) is 0 Å². The summed E-state index contributed by atoms with van der Waals surface area (Å²) in [5, 5.41) is 0. The van der Waals surface area contributed by atoms with Gasteiger partial charge in [0.1, 0.15) is 0 Å². The Morgan fingerprint density at radius 3 is 1.12 bits per heavy atom. The van der Waals surface area contributed by atoms with Gasteiger partial charge in [-0.1, -0.05) is 0 Å². The minimum absolute atomic E-state index is 0. The van der Waals surface area contributed by atoms with Crippen molar-refractivity contribution in [3.05, 3.63) is 0 Å². The van der Waals surface area contributed by atoms with Crippen molar-refractivity contribution in [1.29, 1.82) is 0 Å². The molecule has 0 saturated carbocycles. The normalized spacial score (nSPS) is 7.25. The second-order valence-corrected chi connectivity index (χ2v) is 1.34. The number of hydrogen-bond acceptors (Lipinski definition) is 4. The van der Waals surface area contributed by atoms with Crippen molar-refractivity contribution in [3.63, 3.8) is 0 Å². The van der Waals surface area contributed by atoms with E-state index in [0.717, 1.165) is 0 Å². The van der Waals surface area contributed by atoms with E-state index in [9.17, 15) is 0 Å². The smallest absolute Gasteiger partial charge is 1.00 e. The molecule has 0 aliphatic heterocycles. The summed E-state index contributed by atoms with van der Waals surface area (Å²) in [6.45, 7) is 0. The van der Waals surface area contributed by atoms with E-state index in [1.165, 1.54) is 0 Å². The maximum Gasteiger partial charge on any atom is 1.00 e. The van der Waals surface area contributed by atoms with Crippen LogP contribution >= 0.6 is 0 Å². The van der Waals surface area contributed by atoms with Crippen LogP contribution in [0.5, 0.6) is 0 Å². The Morgan fingerprint density at radius 2 is 1.12 bits per heavy atom. The molecule has 50 valence electrons. The van der Waals surface area contributed by atoms with Crippen molar-refractivity contribution >= 4 is 10.4 Å². The fourth-order valence-corrected chi connectivity index (χ4v) is 0. The minimum atomic E-state index is -4.67. The Kier molecular flexibility index (Phi) is 23.9. The predicted octanol–water partition coefficient (Wildman–Crippen LogP) is -3.21. The fraction of sp³-hybridized carbons (Fsp3) is 0. The summed E-state index contributed by atoms with van der Waals surface area (Å²) in [6, 6.07) is 0. The van der Waals surface area contributed by atoms with Gasteiger partial charge in [-0.25, -0.2) is 0 Å². The summed E-state index contributed by atoms with van der Waals surface area (Å²) in [5.74, 6) is 0. The van der Waals surface area contributed by atoms with E-state index in [1.54, 1.807) is 0 Å². The number of hydrogen-bond donors (Lipinski definition) is 4. The topological polar surface area (TPSA) is 145 Å². The minimum Gasteiger partial charge on any atom is -1.00 e. The van der Waals surface area contributed by atoms with E-state index < -0.39 is 10.4 Å².